The van der Waals surface area contributed by atoms with Crippen LogP contribution in [0.25, 0.3) is 0 Å². The van der Waals surface area contributed by atoms with Gasteiger partial charge in [0.05, 0.1) is 6.54 Å². The second-order valence-corrected chi connectivity index (χ2v) is 7.74. The molecule has 0 aromatic heterocycles. The summed E-state index contributed by atoms with van der Waals surface area (Å²) in [4.78, 5) is 14.2. The van der Waals surface area contributed by atoms with Crippen molar-refractivity contribution in [1.82, 2.24) is 4.90 Å². The van der Waals surface area contributed by atoms with Crippen LogP contribution in [0.4, 0.5) is 4.79 Å². The zero-order valence-electron chi connectivity index (χ0n) is 12.2. The van der Waals surface area contributed by atoms with E-state index in [0.29, 0.717) is 6.54 Å². The van der Waals surface area contributed by atoms with E-state index < -0.39 is 5.60 Å². The molecule has 0 saturated heterocycles. The van der Waals surface area contributed by atoms with Gasteiger partial charge in [-0.1, -0.05) is 28.1 Å². The number of carbonyl (C=O) groups excluding carboxylic acids is 1. The van der Waals surface area contributed by atoms with Crippen molar-refractivity contribution in [3.05, 3.63) is 33.8 Å². The van der Waals surface area contributed by atoms with Crippen LogP contribution in [-0.2, 0) is 16.7 Å². The van der Waals surface area contributed by atoms with Gasteiger partial charge in [-0.05, 0) is 50.8 Å². The van der Waals surface area contributed by atoms with Crippen LogP contribution in [0, 0.1) is 0 Å². The van der Waals surface area contributed by atoms with Crippen molar-refractivity contribution in [2.45, 2.75) is 51.2 Å². The normalized spacial score (nSPS) is 19.7. The predicted molar refractivity (Wildman–Crippen MR) is 81.7 cm³/mol. The highest BCUT2D eigenvalue weighted by atomic mass is 79.9. The number of ether oxygens (including phenoxy) is 1. The number of hydrogen-bond donors (Lipinski definition) is 0. The van der Waals surface area contributed by atoms with E-state index >= 15 is 0 Å². The first-order valence-corrected chi connectivity index (χ1v) is 7.86. The van der Waals surface area contributed by atoms with E-state index in [0.717, 1.165) is 23.9 Å². The van der Waals surface area contributed by atoms with Gasteiger partial charge in [-0.3, -0.25) is 0 Å². The molecule has 1 fully saturated rings. The lowest BCUT2D eigenvalue weighted by Crippen LogP contribution is -2.44. The molecule has 1 heterocycles. The summed E-state index contributed by atoms with van der Waals surface area (Å²) in [5.41, 5.74) is 2.38. The molecule has 20 heavy (non-hydrogen) atoms. The van der Waals surface area contributed by atoms with Crippen molar-refractivity contribution < 1.29 is 9.53 Å². The molecule has 3 rings (SSSR count). The number of amides is 1. The molecule has 3 nitrogen and oxygen atoms in total. The summed E-state index contributed by atoms with van der Waals surface area (Å²) >= 11 is 3.62. The third kappa shape index (κ3) is 2.46. The molecule has 0 bridgehead atoms. The molecule has 0 N–H and O–H groups in total. The Hall–Kier alpha value is -1.03. The smallest absolute Gasteiger partial charge is 0.410 e. The number of fused-ring (bicyclic) bond motifs is 2. The molecule has 4 heteroatoms. The summed E-state index contributed by atoms with van der Waals surface area (Å²) in [6.45, 7) is 7.14. The van der Waals surface area contributed by atoms with E-state index in [4.69, 9.17) is 4.74 Å². The first kappa shape index (κ1) is 13.9. The first-order valence-electron chi connectivity index (χ1n) is 7.07. The van der Waals surface area contributed by atoms with Crippen molar-refractivity contribution >= 4 is 22.0 Å². The molecule has 1 aromatic carbocycles. The number of rotatable bonds is 0. The molecule has 1 aromatic rings. The quantitative estimate of drug-likeness (QED) is 0.708. The van der Waals surface area contributed by atoms with E-state index in [1.807, 2.05) is 31.7 Å². The summed E-state index contributed by atoms with van der Waals surface area (Å²) in [6.07, 6.45) is 2.12. The molecule has 108 valence electrons. The number of benzene rings is 1. The molecule has 0 atom stereocenters. The van der Waals surface area contributed by atoms with Crippen molar-refractivity contribution in [1.29, 1.82) is 0 Å². The SMILES string of the molecule is CC(C)(C)OC(=O)N1Cc2c(Br)cccc2C2(CC2)C1. The maximum Gasteiger partial charge on any atom is 0.410 e. The lowest BCUT2D eigenvalue weighted by molar-refractivity contribution is 0.0196. The van der Waals surface area contributed by atoms with Crippen LogP contribution in [0.15, 0.2) is 22.7 Å². The lowest BCUT2D eigenvalue weighted by atomic mass is 9.87. The van der Waals surface area contributed by atoms with Crippen LogP contribution in [0.1, 0.15) is 44.7 Å². The summed E-state index contributed by atoms with van der Waals surface area (Å²) in [5, 5.41) is 0. The molecule has 1 amide bonds. The summed E-state index contributed by atoms with van der Waals surface area (Å²) in [6, 6.07) is 6.35. The van der Waals surface area contributed by atoms with Crippen LogP contribution in [0.5, 0.6) is 0 Å². The summed E-state index contributed by atoms with van der Waals surface area (Å²) in [7, 11) is 0. The van der Waals surface area contributed by atoms with Gasteiger partial charge in [0.15, 0.2) is 0 Å². The minimum Gasteiger partial charge on any atom is -0.444 e. The Morgan fingerprint density at radius 1 is 1.35 bits per heavy atom. The first-order chi connectivity index (χ1) is 9.31. The zero-order valence-corrected chi connectivity index (χ0v) is 13.8. The fraction of sp³-hybridized carbons (Fsp3) is 0.562. The molecule has 2 aliphatic rings. The van der Waals surface area contributed by atoms with E-state index in [1.54, 1.807) is 0 Å². The third-order valence-electron chi connectivity index (χ3n) is 4.04. The molecule has 1 saturated carbocycles. The number of hydrogen-bond acceptors (Lipinski definition) is 2. The van der Waals surface area contributed by atoms with E-state index in [2.05, 4.69) is 28.1 Å². The highest BCUT2D eigenvalue weighted by molar-refractivity contribution is 9.10. The fourth-order valence-corrected chi connectivity index (χ4v) is 3.44. The average molecular weight is 338 g/mol. The molecule has 1 spiro atoms. The summed E-state index contributed by atoms with van der Waals surface area (Å²) in [5.74, 6) is 0. The molecule has 1 aliphatic carbocycles. The second kappa shape index (κ2) is 4.48. The van der Waals surface area contributed by atoms with Gasteiger partial charge < -0.3 is 9.64 Å². The molecule has 0 radical (unpaired) electrons. The van der Waals surface area contributed by atoms with Crippen molar-refractivity contribution in [3.63, 3.8) is 0 Å². The minimum atomic E-state index is -0.442. The van der Waals surface area contributed by atoms with Gasteiger partial charge in [-0.15, -0.1) is 0 Å². The van der Waals surface area contributed by atoms with Crippen LogP contribution >= 0.6 is 15.9 Å². The Morgan fingerprint density at radius 2 is 2.05 bits per heavy atom. The Bertz CT molecular complexity index is 558. The second-order valence-electron chi connectivity index (χ2n) is 6.88. The Morgan fingerprint density at radius 3 is 2.65 bits per heavy atom. The molecular formula is C16H20BrNO2. The average Bonchev–Trinajstić information content (AvgIpc) is 3.09. The Labute approximate surface area is 128 Å². The Kier molecular flexibility index (Phi) is 3.12. The lowest BCUT2D eigenvalue weighted by Gasteiger charge is -2.36. The monoisotopic (exact) mass is 337 g/mol. The van der Waals surface area contributed by atoms with Crippen LogP contribution in [-0.4, -0.2) is 23.1 Å². The standard InChI is InChI=1S/C16H20BrNO2/c1-15(2,3)20-14(19)18-9-11-12(5-4-6-13(11)17)16(10-18)7-8-16/h4-6H,7-10H2,1-3H3. The molecule has 0 unspecified atom stereocenters. The topological polar surface area (TPSA) is 29.5 Å². The zero-order chi connectivity index (χ0) is 14.5. The van der Waals surface area contributed by atoms with Crippen molar-refractivity contribution in [3.8, 4) is 0 Å². The van der Waals surface area contributed by atoms with Crippen LogP contribution in [0.2, 0.25) is 0 Å². The highest BCUT2D eigenvalue weighted by Crippen LogP contribution is 2.53. The van der Waals surface area contributed by atoms with Gasteiger partial charge in [0.2, 0.25) is 0 Å². The van der Waals surface area contributed by atoms with Gasteiger partial charge in [-0.25, -0.2) is 4.79 Å². The van der Waals surface area contributed by atoms with Crippen LogP contribution < -0.4 is 0 Å². The molecule has 1 aliphatic heterocycles. The van der Waals surface area contributed by atoms with Crippen molar-refractivity contribution in [2.75, 3.05) is 6.54 Å². The minimum absolute atomic E-state index is 0.175. The van der Waals surface area contributed by atoms with Gasteiger partial charge in [0.1, 0.15) is 5.60 Å². The number of nitrogens with zero attached hydrogens (tertiary/aromatic N) is 1. The summed E-state index contributed by atoms with van der Waals surface area (Å²) < 4.78 is 6.62. The highest BCUT2D eigenvalue weighted by Gasteiger charge is 2.50. The van der Waals surface area contributed by atoms with E-state index in [-0.39, 0.29) is 11.5 Å². The van der Waals surface area contributed by atoms with Crippen molar-refractivity contribution in [2.24, 2.45) is 0 Å². The Balaban J connectivity index is 1.89. The number of carbonyl (C=O) groups is 1. The van der Waals surface area contributed by atoms with Crippen LogP contribution in [0.3, 0.4) is 0 Å². The van der Waals surface area contributed by atoms with Gasteiger partial charge in [0.25, 0.3) is 0 Å². The fourth-order valence-electron chi connectivity index (χ4n) is 2.95. The maximum absolute atomic E-state index is 12.3. The van der Waals surface area contributed by atoms with E-state index in [1.165, 1.54) is 11.1 Å². The predicted octanol–water partition coefficient (Wildman–Crippen LogP) is 4.23. The third-order valence-corrected chi connectivity index (χ3v) is 4.78. The van der Waals surface area contributed by atoms with Gasteiger partial charge in [0, 0.05) is 16.4 Å². The van der Waals surface area contributed by atoms with E-state index in [9.17, 15) is 4.79 Å². The molecular weight excluding hydrogens is 318 g/mol. The maximum atomic E-state index is 12.3. The van der Waals surface area contributed by atoms with Gasteiger partial charge >= 0.3 is 6.09 Å². The van der Waals surface area contributed by atoms with Gasteiger partial charge in [-0.2, -0.15) is 0 Å². The largest absolute Gasteiger partial charge is 0.444 e. The number of halogens is 1.